The van der Waals surface area contributed by atoms with Gasteiger partial charge in [0.1, 0.15) is 0 Å². The van der Waals surface area contributed by atoms with Gasteiger partial charge in [0, 0.05) is 12.1 Å². The molecule has 138 valence electrons. The molecule has 0 unspecified atom stereocenters. The highest BCUT2D eigenvalue weighted by molar-refractivity contribution is 7.15. The van der Waals surface area contributed by atoms with Crippen molar-refractivity contribution in [3.63, 3.8) is 0 Å². The van der Waals surface area contributed by atoms with Crippen LogP contribution >= 0.6 is 11.3 Å². The van der Waals surface area contributed by atoms with Crippen LogP contribution in [0.3, 0.4) is 0 Å². The number of nitrogens with zero attached hydrogens (tertiary/aromatic N) is 4. The van der Waals surface area contributed by atoms with E-state index in [1.54, 1.807) is 24.3 Å². The zero-order valence-corrected chi connectivity index (χ0v) is 15.6. The number of benzene rings is 2. The SMILES string of the molecule is Cc1ccc(/C=C/c2nc3s/c(=C/c4ccc([N+](=O)[O-])cc4)c(=O)n3n2)cc1. The molecule has 0 N–H and O–H groups in total. The zero-order valence-electron chi connectivity index (χ0n) is 14.8. The lowest BCUT2D eigenvalue weighted by molar-refractivity contribution is -0.384. The summed E-state index contributed by atoms with van der Waals surface area (Å²) >= 11 is 1.23. The summed E-state index contributed by atoms with van der Waals surface area (Å²) in [7, 11) is 0. The van der Waals surface area contributed by atoms with Crippen molar-refractivity contribution in [1.82, 2.24) is 14.6 Å². The molecular formula is C20H14N4O3S. The summed E-state index contributed by atoms with van der Waals surface area (Å²) in [6, 6.07) is 14.1. The maximum Gasteiger partial charge on any atom is 0.291 e. The van der Waals surface area contributed by atoms with Crippen LogP contribution in [-0.2, 0) is 0 Å². The highest BCUT2D eigenvalue weighted by atomic mass is 32.1. The van der Waals surface area contributed by atoms with Gasteiger partial charge in [-0.15, -0.1) is 5.10 Å². The third-order valence-corrected chi connectivity index (χ3v) is 5.06. The lowest BCUT2D eigenvalue weighted by atomic mass is 10.1. The van der Waals surface area contributed by atoms with Gasteiger partial charge in [-0.3, -0.25) is 14.9 Å². The van der Waals surface area contributed by atoms with E-state index in [9.17, 15) is 14.9 Å². The summed E-state index contributed by atoms with van der Waals surface area (Å²) < 4.78 is 1.74. The number of hydrogen-bond donors (Lipinski definition) is 0. The first-order valence-electron chi connectivity index (χ1n) is 8.40. The molecule has 7 nitrogen and oxygen atoms in total. The number of nitro benzene ring substituents is 1. The van der Waals surface area contributed by atoms with E-state index in [0.29, 0.717) is 20.9 Å². The maximum atomic E-state index is 12.5. The molecule has 0 aliphatic rings. The van der Waals surface area contributed by atoms with Crippen molar-refractivity contribution >= 4 is 40.2 Å². The smallest absolute Gasteiger partial charge is 0.266 e. The minimum absolute atomic E-state index is 0.00662. The molecule has 0 aliphatic heterocycles. The van der Waals surface area contributed by atoms with Crippen LogP contribution in [0.15, 0.2) is 53.3 Å². The summed E-state index contributed by atoms with van der Waals surface area (Å²) in [4.78, 5) is 27.7. The van der Waals surface area contributed by atoms with E-state index in [4.69, 9.17) is 0 Å². The Morgan fingerprint density at radius 3 is 2.36 bits per heavy atom. The van der Waals surface area contributed by atoms with E-state index in [2.05, 4.69) is 10.1 Å². The second kappa shape index (κ2) is 7.16. The summed E-state index contributed by atoms with van der Waals surface area (Å²) in [6.45, 7) is 2.03. The zero-order chi connectivity index (χ0) is 19.7. The normalized spacial score (nSPS) is 12.2. The third-order valence-electron chi connectivity index (χ3n) is 4.10. The number of nitro groups is 1. The summed E-state index contributed by atoms with van der Waals surface area (Å²) in [5, 5.41) is 15.0. The van der Waals surface area contributed by atoms with Gasteiger partial charge in [-0.1, -0.05) is 47.2 Å². The Morgan fingerprint density at radius 1 is 1.04 bits per heavy atom. The van der Waals surface area contributed by atoms with Gasteiger partial charge in [0.15, 0.2) is 5.82 Å². The highest BCUT2D eigenvalue weighted by Crippen LogP contribution is 2.13. The van der Waals surface area contributed by atoms with Gasteiger partial charge >= 0.3 is 0 Å². The van der Waals surface area contributed by atoms with Gasteiger partial charge in [0.2, 0.25) is 4.96 Å². The standard InChI is InChI=1S/C20H14N4O3S/c1-13-2-4-14(5-3-13)8-11-18-21-20-23(22-18)19(25)17(28-20)12-15-6-9-16(10-7-15)24(26)27/h2-12H,1H3/b11-8+,17-12+. The van der Waals surface area contributed by atoms with Gasteiger partial charge in [0.05, 0.1) is 9.46 Å². The molecule has 0 atom stereocenters. The number of aromatic nitrogens is 3. The first-order valence-corrected chi connectivity index (χ1v) is 9.22. The molecule has 4 aromatic rings. The lowest BCUT2D eigenvalue weighted by Gasteiger charge is -1.93. The Balaban J connectivity index is 1.63. The van der Waals surface area contributed by atoms with Crippen molar-refractivity contribution in [2.75, 3.05) is 0 Å². The number of non-ortho nitro benzene ring substituents is 1. The van der Waals surface area contributed by atoms with E-state index in [0.717, 1.165) is 5.56 Å². The molecular weight excluding hydrogens is 376 g/mol. The second-order valence-electron chi connectivity index (χ2n) is 6.17. The number of thiazole rings is 1. The first kappa shape index (κ1) is 17.7. The van der Waals surface area contributed by atoms with E-state index in [1.165, 1.54) is 33.5 Å². The molecule has 0 aliphatic carbocycles. The summed E-state index contributed by atoms with van der Waals surface area (Å²) in [5.41, 5.74) is 2.66. The molecule has 2 aromatic carbocycles. The Hall–Kier alpha value is -3.65. The van der Waals surface area contributed by atoms with Crippen LogP contribution in [0.1, 0.15) is 22.5 Å². The van der Waals surface area contributed by atoms with E-state index in [1.807, 2.05) is 37.3 Å². The minimum Gasteiger partial charge on any atom is -0.266 e. The van der Waals surface area contributed by atoms with E-state index >= 15 is 0 Å². The fourth-order valence-electron chi connectivity index (χ4n) is 2.61. The van der Waals surface area contributed by atoms with Crippen LogP contribution in [0, 0.1) is 17.0 Å². The Bertz CT molecular complexity index is 1300. The highest BCUT2D eigenvalue weighted by Gasteiger charge is 2.09. The molecule has 8 heteroatoms. The lowest BCUT2D eigenvalue weighted by Crippen LogP contribution is -2.23. The molecule has 0 fully saturated rings. The number of aryl methyl sites for hydroxylation is 1. The molecule has 0 saturated heterocycles. The van der Waals surface area contributed by atoms with Crippen LogP contribution in [0.5, 0.6) is 0 Å². The molecule has 28 heavy (non-hydrogen) atoms. The van der Waals surface area contributed by atoms with Crippen LogP contribution in [0.25, 0.3) is 23.2 Å². The van der Waals surface area contributed by atoms with Crippen molar-refractivity contribution in [1.29, 1.82) is 0 Å². The van der Waals surface area contributed by atoms with Crippen molar-refractivity contribution in [2.24, 2.45) is 0 Å². The van der Waals surface area contributed by atoms with Gasteiger partial charge in [-0.2, -0.15) is 9.50 Å². The number of hydrogen-bond acceptors (Lipinski definition) is 6. The average molecular weight is 390 g/mol. The molecule has 0 spiro atoms. The second-order valence-corrected chi connectivity index (χ2v) is 7.18. The van der Waals surface area contributed by atoms with Gasteiger partial charge in [-0.05, 0) is 42.3 Å². The summed E-state index contributed by atoms with van der Waals surface area (Å²) in [5.74, 6) is 0.464. The minimum atomic E-state index is -0.461. The Morgan fingerprint density at radius 2 is 1.71 bits per heavy atom. The fourth-order valence-corrected chi connectivity index (χ4v) is 3.53. The van der Waals surface area contributed by atoms with Crippen LogP contribution in [0.2, 0.25) is 0 Å². The molecule has 0 radical (unpaired) electrons. The van der Waals surface area contributed by atoms with Crippen LogP contribution in [0.4, 0.5) is 5.69 Å². The molecule has 0 bridgehead atoms. The number of fused-ring (bicyclic) bond motifs is 1. The van der Waals surface area contributed by atoms with Gasteiger partial charge in [0.25, 0.3) is 11.2 Å². The van der Waals surface area contributed by atoms with E-state index < -0.39 is 4.92 Å². The fraction of sp³-hybridized carbons (Fsp3) is 0.0500. The Kier molecular flexibility index (Phi) is 4.54. The Labute approximate surface area is 163 Å². The van der Waals surface area contributed by atoms with Crippen LogP contribution in [-0.4, -0.2) is 19.5 Å². The van der Waals surface area contributed by atoms with Gasteiger partial charge in [-0.25, -0.2) is 0 Å². The monoisotopic (exact) mass is 390 g/mol. The van der Waals surface area contributed by atoms with Gasteiger partial charge < -0.3 is 0 Å². The molecule has 2 heterocycles. The predicted molar refractivity (Wildman–Crippen MR) is 109 cm³/mol. The van der Waals surface area contributed by atoms with Crippen LogP contribution < -0.4 is 10.1 Å². The predicted octanol–water partition coefficient (Wildman–Crippen LogP) is 3.09. The average Bonchev–Trinajstić information content (AvgIpc) is 3.21. The van der Waals surface area contributed by atoms with E-state index in [-0.39, 0.29) is 11.2 Å². The van der Waals surface area contributed by atoms with Crippen molar-refractivity contribution < 1.29 is 4.92 Å². The molecule has 4 rings (SSSR count). The largest absolute Gasteiger partial charge is 0.291 e. The number of rotatable bonds is 4. The molecule has 2 aromatic heterocycles. The molecule has 0 saturated carbocycles. The van der Waals surface area contributed by atoms with Crippen molar-refractivity contribution in [2.45, 2.75) is 6.92 Å². The maximum absolute atomic E-state index is 12.5. The summed E-state index contributed by atoms with van der Waals surface area (Å²) in [6.07, 6.45) is 5.34. The van der Waals surface area contributed by atoms with Crippen molar-refractivity contribution in [3.8, 4) is 0 Å². The quantitative estimate of drug-likeness (QED) is 0.394. The van der Waals surface area contributed by atoms with Crippen molar-refractivity contribution in [3.05, 3.63) is 96.0 Å². The molecule has 0 amide bonds. The first-order chi connectivity index (χ1) is 13.5. The third kappa shape index (κ3) is 3.58. The topological polar surface area (TPSA) is 90.4 Å².